The smallest absolute Gasteiger partial charge is 0.332 e. The van der Waals surface area contributed by atoms with E-state index in [1.54, 1.807) is 7.05 Å². The molecule has 6 rings (SSSR count). The van der Waals surface area contributed by atoms with Crippen LogP contribution in [0.3, 0.4) is 0 Å². The van der Waals surface area contributed by atoms with Crippen LogP contribution in [0.5, 0.6) is 0 Å². The number of carbonyl (C=O) groups excluding carboxylic acids is 1. The molecule has 0 fully saturated rings. The van der Waals surface area contributed by atoms with Gasteiger partial charge in [-0.2, -0.15) is 0 Å². The number of aliphatic carboxylic acids is 1. The van der Waals surface area contributed by atoms with Crippen molar-refractivity contribution in [1.82, 2.24) is 42.7 Å². The summed E-state index contributed by atoms with van der Waals surface area (Å²) >= 11 is 1.96. The molecular weight excluding hydrogens is 871 g/mol. The predicted molar refractivity (Wildman–Crippen MR) is 238 cm³/mol. The van der Waals surface area contributed by atoms with Crippen LogP contribution in [0.2, 0.25) is 0 Å². The minimum Gasteiger partial charge on any atom is -0.480 e. The van der Waals surface area contributed by atoms with Gasteiger partial charge in [-0.05, 0) is 62.1 Å². The van der Waals surface area contributed by atoms with Gasteiger partial charge < -0.3 is 25.3 Å². The second kappa shape index (κ2) is 23.1. The Bertz CT molecular complexity index is 2590. The fourth-order valence-corrected chi connectivity index (χ4v) is 6.10. The largest absolute Gasteiger partial charge is 0.480 e. The highest BCUT2D eigenvalue weighted by atomic mass is 127. The number of carboxylic acid groups (broad SMARTS) is 1. The first-order valence-electron chi connectivity index (χ1n) is 19.8. The van der Waals surface area contributed by atoms with Crippen molar-refractivity contribution in [2.24, 2.45) is 19.8 Å². The van der Waals surface area contributed by atoms with Gasteiger partial charge in [0.05, 0.1) is 12.7 Å². The number of nitrogens with zero attached hydrogens (tertiary/aromatic N) is 8. The average Bonchev–Trinajstić information content (AvgIpc) is 3.83. The third-order valence-electron chi connectivity index (χ3n) is 9.13. The molecule has 0 saturated heterocycles. The molecule has 4 aromatic heterocycles. The van der Waals surface area contributed by atoms with Gasteiger partial charge in [0.2, 0.25) is 5.91 Å². The molecule has 6 aromatic rings. The van der Waals surface area contributed by atoms with Crippen molar-refractivity contribution >= 4 is 56.8 Å². The Morgan fingerprint density at radius 2 is 1.15 bits per heavy atom. The molecule has 0 bridgehead atoms. The van der Waals surface area contributed by atoms with Gasteiger partial charge in [0, 0.05) is 35.1 Å². The third-order valence-corrected chi connectivity index (χ3v) is 9.13. The van der Waals surface area contributed by atoms with Gasteiger partial charge in [-0.1, -0.05) is 96.1 Å². The molecule has 59 heavy (non-hydrogen) atoms. The summed E-state index contributed by atoms with van der Waals surface area (Å²) in [5, 5.41) is 11.7. The lowest BCUT2D eigenvalue weighted by molar-refractivity contribution is -0.137. The Labute approximate surface area is 356 Å². The lowest BCUT2D eigenvalue weighted by Crippen LogP contribution is -2.40. The van der Waals surface area contributed by atoms with Gasteiger partial charge in [-0.25, -0.2) is 19.6 Å². The lowest BCUT2D eigenvalue weighted by atomic mass is 10.1. The zero-order valence-corrected chi connectivity index (χ0v) is 36.6. The molecule has 17 nitrogen and oxygen atoms in total. The van der Waals surface area contributed by atoms with E-state index < -0.39 is 28.5 Å². The number of aromatic nitrogens is 8. The number of halogens is 1. The summed E-state index contributed by atoms with van der Waals surface area (Å²) in [6.07, 6.45) is 5.70. The number of aryl methyl sites for hydroxylation is 4. The highest BCUT2D eigenvalue weighted by molar-refractivity contribution is 14.1. The monoisotopic (exact) mass is 927 g/mol. The molecule has 0 unspecified atom stereocenters. The first-order valence-corrected chi connectivity index (χ1v) is 20.6. The van der Waals surface area contributed by atoms with Gasteiger partial charge in [0.25, 0.3) is 11.1 Å². The zero-order valence-electron chi connectivity index (χ0n) is 35.5. The molecular formula is C41H55IN10O7. The zero-order chi connectivity index (χ0) is 44.5. The van der Waals surface area contributed by atoms with Crippen LogP contribution < -0.4 is 33.5 Å². The number of imidazole rings is 2. The summed E-state index contributed by atoms with van der Waals surface area (Å²) in [6, 6.07) is 16.7. The topological polar surface area (TPSA) is 216 Å². The fraction of sp³-hybridized carbons (Fsp3) is 0.415. The molecule has 4 heterocycles. The van der Waals surface area contributed by atoms with Crippen molar-refractivity contribution in [3.05, 3.63) is 125 Å². The molecule has 1 amide bonds. The fourth-order valence-electron chi connectivity index (χ4n) is 6.10. The van der Waals surface area contributed by atoms with Crippen LogP contribution in [0.25, 0.3) is 22.3 Å². The van der Waals surface area contributed by atoms with E-state index in [0.29, 0.717) is 37.4 Å². The predicted octanol–water partition coefficient (Wildman–Crippen LogP) is 2.91. The molecule has 0 atom stereocenters. The number of carboxylic acids is 1. The van der Waals surface area contributed by atoms with E-state index in [-0.39, 0.29) is 41.3 Å². The third kappa shape index (κ3) is 12.4. The molecule has 0 aliphatic carbocycles. The molecule has 0 spiro atoms. The van der Waals surface area contributed by atoms with Gasteiger partial charge in [0.15, 0.2) is 22.3 Å². The maximum absolute atomic E-state index is 12.7. The number of benzene rings is 2. The van der Waals surface area contributed by atoms with Gasteiger partial charge in [-0.15, -0.1) is 0 Å². The first kappa shape index (κ1) is 46.1. The summed E-state index contributed by atoms with van der Waals surface area (Å²) in [4.78, 5) is 81.0. The number of amides is 1. The Kier molecular flexibility index (Phi) is 18.0. The van der Waals surface area contributed by atoms with E-state index in [4.69, 9.17) is 12.2 Å². The summed E-state index contributed by atoms with van der Waals surface area (Å²) in [5.41, 5.74) is 9.51. The number of rotatable bonds is 13. The molecule has 2 aromatic carbocycles. The van der Waals surface area contributed by atoms with Crippen molar-refractivity contribution in [2.75, 3.05) is 18.0 Å². The SMILES string of the molecule is CCCn1c(=O)c2c(ncn2CC(=O)NCCc2ccc(C)cc2)n(C)c1=O.CCCn1c(=O)c2c(ncn2CC(=O)O)n(C)c1=O.Cc1ccc(CCN)cc1.[2H]CI. The van der Waals surface area contributed by atoms with Crippen molar-refractivity contribution in [2.45, 2.75) is 79.6 Å². The van der Waals surface area contributed by atoms with Crippen molar-refractivity contribution in [1.29, 1.82) is 0 Å². The van der Waals surface area contributed by atoms with Gasteiger partial charge >= 0.3 is 17.3 Å². The molecule has 0 aliphatic heterocycles. The summed E-state index contributed by atoms with van der Waals surface area (Å²) in [5.74, 6) is -1.28. The molecule has 0 aliphatic rings. The summed E-state index contributed by atoms with van der Waals surface area (Å²) < 4.78 is 13.8. The van der Waals surface area contributed by atoms with Crippen molar-refractivity contribution in [3.63, 3.8) is 0 Å². The van der Waals surface area contributed by atoms with E-state index in [9.17, 15) is 28.8 Å². The minimum atomic E-state index is -1.07. The molecule has 4 N–H and O–H groups in total. The second-order valence-corrected chi connectivity index (χ2v) is 13.7. The molecule has 0 radical (unpaired) electrons. The van der Waals surface area contributed by atoms with Crippen LogP contribution in [-0.4, -0.2) is 72.3 Å². The molecule has 0 saturated carbocycles. The number of hydrogen-bond acceptors (Lipinski definition) is 9. The number of nitrogens with two attached hydrogens (primary N) is 1. The summed E-state index contributed by atoms with van der Waals surface area (Å²) in [7, 11) is 3.09. The van der Waals surface area contributed by atoms with Crippen LogP contribution in [0.4, 0.5) is 0 Å². The number of hydrogen-bond donors (Lipinski definition) is 3. The van der Waals surface area contributed by atoms with E-state index in [2.05, 4.69) is 46.5 Å². The van der Waals surface area contributed by atoms with E-state index in [0.717, 1.165) is 29.5 Å². The van der Waals surface area contributed by atoms with Crippen molar-refractivity contribution in [3.8, 4) is 0 Å². The number of nitrogens with one attached hydrogen (secondary N) is 1. The lowest BCUT2D eigenvalue weighted by Gasteiger charge is -2.09. The van der Waals surface area contributed by atoms with E-state index >= 15 is 0 Å². The maximum Gasteiger partial charge on any atom is 0.332 e. The number of alkyl halides is 1. The van der Waals surface area contributed by atoms with E-state index in [1.807, 2.05) is 67.6 Å². The number of fused-ring (bicyclic) bond motifs is 2. The average molecular weight is 928 g/mol. The van der Waals surface area contributed by atoms with Crippen LogP contribution in [0.1, 0.15) is 50.3 Å². The quantitative estimate of drug-likeness (QED) is 0.114. The van der Waals surface area contributed by atoms with Crippen LogP contribution in [0.15, 0.2) is 80.4 Å². The number of carbonyl (C=O) groups is 2. The molecule has 318 valence electrons. The van der Waals surface area contributed by atoms with Gasteiger partial charge in [0.1, 0.15) is 13.1 Å². The highest BCUT2D eigenvalue weighted by Gasteiger charge is 2.18. The minimum absolute atomic E-state index is 0.0238. The van der Waals surface area contributed by atoms with Crippen LogP contribution >= 0.6 is 22.6 Å². The van der Waals surface area contributed by atoms with Gasteiger partial charge in [-0.3, -0.25) is 37.4 Å². The Balaban J connectivity index is 0.000000257. The Morgan fingerprint density at radius 1 is 0.746 bits per heavy atom. The van der Waals surface area contributed by atoms with Crippen LogP contribution in [0, 0.1) is 13.8 Å². The first-order chi connectivity index (χ1) is 28.6. The molecule has 18 heteroatoms. The van der Waals surface area contributed by atoms with Crippen molar-refractivity contribution < 1.29 is 16.1 Å². The summed E-state index contributed by atoms with van der Waals surface area (Å²) in [6.45, 7) is 9.35. The Morgan fingerprint density at radius 3 is 1.54 bits per heavy atom. The second-order valence-electron chi connectivity index (χ2n) is 13.7. The normalized spacial score (nSPS) is 10.8. The highest BCUT2D eigenvalue weighted by Crippen LogP contribution is 2.08. The van der Waals surface area contributed by atoms with Crippen LogP contribution in [-0.2, 0) is 62.7 Å². The standard InChI is InChI=1S/C20H25N5O3.C11H14N4O4.C9H13N.CH3I/c1-4-11-25-19(27)17-18(23(3)20(25)28)22-13-24(17)12-16(26)21-10-9-15-7-5-14(2)6-8-15;1-3-4-15-10(18)8-9(13(2)11(15)19)12-6-14(8)5-7(16)17;1-8-2-4-9(5-3-8)6-7-10;1-2/h5-8,13H,4,9-12H2,1-3H3,(H,21,26);6H,3-5H2,1-2H3,(H,16,17);2-5H,6-7,10H2,1H3;1H3/i;;;1D. The van der Waals surface area contributed by atoms with E-state index in [1.165, 1.54) is 59.2 Å². The Hall–Kier alpha value is -5.63. The maximum atomic E-state index is 12.7.